The van der Waals surface area contributed by atoms with E-state index in [4.69, 9.17) is 5.26 Å². The van der Waals surface area contributed by atoms with Crippen molar-refractivity contribution in [3.8, 4) is 6.07 Å². The van der Waals surface area contributed by atoms with Crippen LogP contribution in [0.4, 0.5) is 13.2 Å². The number of halogens is 3. The zero-order valence-electron chi connectivity index (χ0n) is 7.88. The number of nitriles is 1. The van der Waals surface area contributed by atoms with Crippen molar-refractivity contribution in [3.05, 3.63) is 11.7 Å². The van der Waals surface area contributed by atoms with Crippen LogP contribution in [0.5, 0.6) is 0 Å². The van der Waals surface area contributed by atoms with E-state index in [0.717, 1.165) is 0 Å². The first-order valence-electron chi connectivity index (χ1n) is 4.20. The highest BCUT2D eigenvalue weighted by atomic mass is 19.4. The summed E-state index contributed by atoms with van der Waals surface area (Å²) in [6.45, 7) is 1.72. The van der Waals surface area contributed by atoms with Crippen LogP contribution in [-0.2, 0) is 12.6 Å². The molecule has 1 atom stereocenters. The fourth-order valence-corrected chi connectivity index (χ4v) is 0.979. The van der Waals surface area contributed by atoms with Crippen LogP contribution in [0, 0.1) is 17.2 Å². The molecule has 0 bridgehead atoms. The quantitative estimate of drug-likeness (QED) is 0.781. The molecule has 0 aliphatic heterocycles. The van der Waals surface area contributed by atoms with E-state index < -0.39 is 12.0 Å². The predicted octanol–water partition coefficient (Wildman–Crippen LogP) is 2.18. The highest BCUT2D eigenvalue weighted by Gasteiger charge is 2.37. The van der Waals surface area contributed by atoms with Gasteiger partial charge in [-0.25, -0.2) is 0 Å². The lowest BCUT2D eigenvalue weighted by Crippen LogP contribution is -2.07. The van der Waals surface area contributed by atoms with Gasteiger partial charge in [0.05, 0.1) is 6.07 Å². The molecule has 0 saturated carbocycles. The number of hydrogen-bond acceptors (Lipinski definition) is 4. The lowest BCUT2D eigenvalue weighted by molar-refractivity contribution is -0.146. The molecule has 1 rings (SSSR count). The van der Waals surface area contributed by atoms with Gasteiger partial charge in [-0.3, -0.25) is 0 Å². The maximum absolute atomic E-state index is 12.0. The standard InChI is InChI=1S/C8H8F3N3O/c1-5(2-3-12)4-6-13-7(14-15-6)8(9,10)11/h5H,2,4H2,1H3. The van der Waals surface area contributed by atoms with Crippen molar-refractivity contribution in [3.63, 3.8) is 0 Å². The van der Waals surface area contributed by atoms with Crippen molar-refractivity contribution in [2.45, 2.75) is 25.9 Å². The summed E-state index contributed by atoms with van der Waals surface area (Å²) in [6, 6.07) is 1.91. The van der Waals surface area contributed by atoms with Gasteiger partial charge in [0.2, 0.25) is 5.89 Å². The fraction of sp³-hybridized carbons (Fsp3) is 0.625. The third-order valence-electron chi connectivity index (χ3n) is 1.68. The van der Waals surface area contributed by atoms with Gasteiger partial charge in [0.1, 0.15) is 0 Å². The Hall–Kier alpha value is -1.58. The van der Waals surface area contributed by atoms with E-state index in [2.05, 4.69) is 14.7 Å². The average Bonchev–Trinajstić information content (AvgIpc) is 2.52. The fourth-order valence-electron chi connectivity index (χ4n) is 0.979. The molecule has 0 amide bonds. The molecular weight excluding hydrogens is 211 g/mol. The van der Waals surface area contributed by atoms with E-state index in [-0.39, 0.29) is 24.7 Å². The molecule has 15 heavy (non-hydrogen) atoms. The third kappa shape index (κ3) is 3.23. The molecule has 1 unspecified atom stereocenters. The molecular formula is C8H8F3N3O. The number of aromatic nitrogens is 2. The second-order valence-electron chi connectivity index (χ2n) is 3.18. The summed E-state index contributed by atoms with van der Waals surface area (Å²) >= 11 is 0. The van der Waals surface area contributed by atoms with Gasteiger partial charge in [-0.15, -0.1) is 0 Å². The van der Waals surface area contributed by atoms with E-state index in [1.54, 1.807) is 6.92 Å². The Balaban J connectivity index is 2.66. The van der Waals surface area contributed by atoms with Gasteiger partial charge < -0.3 is 4.52 Å². The smallest absolute Gasteiger partial charge is 0.339 e. The van der Waals surface area contributed by atoms with E-state index in [1.165, 1.54) is 0 Å². The molecule has 1 aromatic heterocycles. The first kappa shape index (κ1) is 11.5. The topological polar surface area (TPSA) is 62.7 Å². The SMILES string of the molecule is CC(CC#N)Cc1nc(C(F)(F)F)no1. The van der Waals surface area contributed by atoms with E-state index >= 15 is 0 Å². The molecule has 0 aliphatic carbocycles. The molecule has 0 aromatic carbocycles. The molecule has 0 N–H and O–H groups in total. The van der Waals surface area contributed by atoms with Gasteiger partial charge in [0.25, 0.3) is 5.82 Å². The van der Waals surface area contributed by atoms with Crippen molar-refractivity contribution in [1.29, 1.82) is 5.26 Å². The van der Waals surface area contributed by atoms with Crippen molar-refractivity contribution in [1.82, 2.24) is 10.1 Å². The lowest BCUT2D eigenvalue weighted by Gasteiger charge is -2.00. The lowest BCUT2D eigenvalue weighted by atomic mass is 10.1. The molecule has 0 radical (unpaired) electrons. The Kier molecular flexibility index (Phi) is 3.29. The molecule has 0 spiro atoms. The summed E-state index contributed by atoms with van der Waals surface area (Å²) in [5.74, 6) is -1.47. The Morgan fingerprint density at radius 3 is 2.67 bits per heavy atom. The normalized spacial score (nSPS) is 13.5. The average molecular weight is 219 g/mol. The summed E-state index contributed by atoms with van der Waals surface area (Å²) in [6.07, 6.45) is -4.17. The number of rotatable bonds is 3. The molecule has 1 aromatic rings. The zero-order valence-corrected chi connectivity index (χ0v) is 7.88. The minimum absolute atomic E-state index is 0.0925. The van der Waals surface area contributed by atoms with Gasteiger partial charge in [-0.05, 0) is 5.92 Å². The van der Waals surface area contributed by atoms with Crippen molar-refractivity contribution in [2.24, 2.45) is 5.92 Å². The number of nitrogens with zero attached hydrogens (tertiary/aromatic N) is 3. The summed E-state index contributed by atoms with van der Waals surface area (Å²) < 4.78 is 40.6. The Labute approximate surface area is 83.7 Å². The summed E-state index contributed by atoms with van der Waals surface area (Å²) in [7, 11) is 0. The van der Waals surface area contributed by atoms with E-state index in [9.17, 15) is 13.2 Å². The van der Waals surface area contributed by atoms with Gasteiger partial charge >= 0.3 is 6.18 Å². The maximum atomic E-state index is 12.0. The predicted molar refractivity (Wildman–Crippen MR) is 42.4 cm³/mol. The zero-order chi connectivity index (χ0) is 11.5. The Bertz CT molecular complexity index is 366. The van der Waals surface area contributed by atoms with E-state index in [1.807, 2.05) is 6.07 Å². The monoisotopic (exact) mass is 219 g/mol. The van der Waals surface area contributed by atoms with Crippen LogP contribution < -0.4 is 0 Å². The molecule has 0 saturated heterocycles. The molecule has 4 nitrogen and oxygen atoms in total. The van der Waals surface area contributed by atoms with E-state index in [0.29, 0.717) is 0 Å². The molecule has 7 heteroatoms. The molecule has 0 fully saturated rings. The maximum Gasteiger partial charge on any atom is 0.455 e. The summed E-state index contributed by atoms with van der Waals surface area (Å²) in [5.41, 5.74) is 0. The van der Waals surface area contributed by atoms with Gasteiger partial charge in [-0.2, -0.15) is 23.4 Å². The highest BCUT2D eigenvalue weighted by molar-refractivity contribution is 4.92. The van der Waals surface area contributed by atoms with Crippen LogP contribution in [0.2, 0.25) is 0 Å². The Morgan fingerprint density at radius 2 is 2.20 bits per heavy atom. The first-order valence-corrected chi connectivity index (χ1v) is 4.20. The second kappa shape index (κ2) is 4.29. The summed E-state index contributed by atoms with van der Waals surface area (Å²) in [5, 5.41) is 11.2. The third-order valence-corrected chi connectivity index (χ3v) is 1.68. The second-order valence-corrected chi connectivity index (χ2v) is 3.18. The van der Waals surface area contributed by atoms with Crippen molar-refractivity contribution >= 4 is 0 Å². The summed E-state index contributed by atoms with van der Waals surface area (Å²) in [4.78, 5) is 3.19. The van der Waals surface area contributed by atoms with Crippen LogP contribution in [0.1, 0.15) is 25.1 Å². The molecule has 1 heterocycles. The van der Waals surface area contributed by atoms with Crippen LogP contribution in [0.25, 0.3) is 0 Å². The van der Waals surface area contributed by atoms with Crippen LogP contribution in [0.3, 0.4) is 0 Å². The molecule has 0 aliphatic rings. The minimum Gasteiger partial charge on any atom is -0.339 e. The van der Waals surface area contributed by atoms with Crippen molar-refractivity contribution < 1.29 is 17.7 Å². The van der Waals surface area contributed by atoms with Crippen LogP contribution in [-0.4, -0.2) is 10.1 Å². The Morgan fingerprint density at radius 1 is 1.53 bits per heavy atom. The van der Waals surface area contributed by atoms with Gasteiger partial charge in [0, 0.05) is 12.8 Å². The first-order chi connectivity index (χ1) is 6.93. The van der Waals surface area contributed by atoms with Gasteiger partial charge in [0.15, 0.2) is 0 Å². The van der Waals surface area contributed by atoms with Crippen LogP contribution >= 0.6 is 0 Å². The van der Waals surface area contributed by atoms with Gasteiger partial charge in [-0.1, -0.05) is 12.1 Å². The number of hydrogen-bond donors (Lipinski definition) is 0. The highest BCUT2D eigenvalue weighted by Crippen LogP contribution is 2.26. The molecule has 82 valence electrons. The van der Waals surface area contributed by atoms with Crippen molar-refractivity contribution in [2.75, 3.05) is 0 Å². The minimum atomic E-state index is -4.58. The largest absolute Gasteiger partial charge is 0.455 e. The van der Waals surface area contributed by atoms with Crippen LogP contribution in [0.15, 0.2) is 4.52 Å². The number of alkyl halides is 3.